The minimum atomic E-state index is 0.278. The molecule has 4 nitrogen and oxygen atoms in total. The number of anilines is 1. The van der Waals surface area contributed by atoms with Gasteiger partial charge in [-0.1, -0.05) is 0 Å². The molecule has 1 aromatic rings. The summed E-state index contributed by atoms with van der Waals surface area (Å²) in [6.45, 7) is 3.21. The Morgan fingerprint density at radius 3 is 2.39 bits per heavy atom. The smallest absolute Gasteiger partial charge is 0.162 e. The van der Waals surface area contributed by atoms with Gasteiger partial charge in [0.05, 0.1) is 14.2 Å². The van der Waals surface area contributed by atoms with Gasteiger partial charge in [0.2, 0.25) is 0 Å². The standard InChI is InChI=1S/C14H20N2O2/c1-17-12-7-10-11(8-13(12)18-2)16-9-14(10)3-5-15-6-4-14/h7-8,15-16H,3-6,9H2,1-2H3. The molecule has 98 valence electrons. The highest BCUT2D eigenvalue weighted by Crippen LogP contribution is 2.47. The van der Waals surface area contributed by atoms with E-state index in [9.17, 15) is 0 Å². The number of rotatable bonds is 2. The van der Waals surface area contributed by atoms with Gasteiger partial charge in [0.1, 0.15) is 0 Å². The summed E-state index contributed by atoms with van der Waals surface area (Å²) in [6, 6.07) is 4.21. The van der Waals surface area contributed by atoms with E-state index >= 15 is 0 Å². The normalized spacial score (nSPS) is 20.3. The van der Waals surface area contributed by atoms with Crippen LogP contribution < -0.4 is 20.1 Å². The molecule has 0 radical (unpaired) electrons. The lowest BCUT2D eigenvalue weighted by atomic mass is 9.75. The SMILES string of the molecule is COc1cc2c(cc1OC)C1(CCNCC1)CN2. The average molecular weight is 248 g/mol. The molecule has 0 bridgehead atoms. The lowest BCUT2D eigenvalue weighted by Crippen LogP contribution is -2.41. The summed E-state index contributed by atoms with van der Waals surface area (Å²) in [5.74, 6) is 1.63. The molecule has 0 amide bonds. The van der Waals surface area contributed by atoms with Crippen molar-refractivity contribution in [3.8, 4) is 11.5 Å². The van der Waals surface area contributed by atoms with Crippen LogP contribution in [0.15, 0.2) is 12.1 Å². The molecule has 2 aliphatic rings. The Hall–Kier alpha value is -1.42. The van der Waals surface area contributed by atoms with Gasteiger partial charge in [0.15, 0.2) is 11.5 Å². The number of piperidine rings is 1. The molecule has 2 N–H and O–H groups in total. The van der Waals surface area contributed by atoms with Crippen LogP contribution in [-0.4, -0.2) is 33.9 Å². The van der Waals surface area contributed by atoms with Crippen LogP contribution in [0.25, 0.3) is 0 Å². The zero-order chi connectivity index (χ0) is 12.6. The molecule has 0 unspecified atom stereocenters. The summed E-state index contributed by atoms with van der Waals surface area (Å²) in [5.41, 5.74) is 2.87. The number of ether oxygens (including phenoxy) is 2. The molecule has 0 atom stereocenters. The largest absolute Gasteiger partial charge is 0.493 e. The maximum Gasteiger partial charge on any atom is 0.162 e. The zero-order valence-electron chi connectivity index (χ0n) is 11.0. The fourth-order valence-corrected chi connectivity index (χ4v) is 3.18. The van der Waals surface area contributed by atoms with Crippen LogP contribution in [0.2, 0.25) is 0 Å². The molecule has 3 rings (SSSR count). The van der Waals surface area contributed by atoms with Crippen molar-refractivity contribution in [3.63, 3.8) is 0 Å². The molecule has 2 heterocycles. The number of fused-ring (bicyclic) bond motifs is 2. The van der Waals surface area contributed by atoms with Crippen LogP contribution in [0.5, 0.6) is 11.5 Å². The lowest BCUT2D eigenvalue weighted by Gasteiger charge is -2.34. The van der Waals surface area contributed by atoms with Gasteiger partial charge in [-0.3, -0.25) is 0 Å². The van der Waals surface area contributed by atoms with Crippen LogP contribution in [-0.2, 0) is 5.41 Å². The summed E-state index contributed by atoms with van der Waals surface area (Å²) in [4.78, 5) is 0. The Kier molecular flexibility index (Phi) is 2.82. The molecule has 1 saturated heterocycles. The van der Waals surface area contributed by atoms with E-state index in [4.69, 9.17) is 9.47 Å². The van der Waals surface area contributed by atoms with E-state index in [-0.39, 0.29) is 5.41 Å². The van der Waals surface area contributed by atoms with Crippen molar-refractivity contribution >= 4 is 5.69 Å². The molecule has 1 aromatic carbocycles. The average Bonchev–Trinajstić information content (AvgIpc) is 2.76. The fourth-order valence-electron chi connectivity index (χ4n) is 3.18. The molecule has 4 heteroatoms. The van der Waals surface area contributed by atoms with Gasteiger partial charge >= 0.3 is 0 Å². The quantitative estimate of drug-likeness (QED) is 0.837. The second-order valence-corrected chi connectivity index (χ2v) is 5.14. The molecule has 2 aliphatic heterocycles. The highest BCUT2D eigenvalue weighted by molar-refractivity contribution is 5.67. The van der Waals surface area contributed by atoms with E-state index in [2.05, 4.69) is 22.8 Å². The van der Waals surface area contributed by atoms with E-state index in [0.717, 1.165) is 31.1 Å². The molecule has 18 heavy (non-hydrogen) atoms. The number of hydrogen-bond donors (Lipinski definition) is 2. The van der Waals surface area contributed by atoms with Crippen molar-refractivity contribution in [2.45, 2.75) is 18.3 Å². The lowest BCUT2D eigenvalue weighted by molar-refractivity contribution is 0.330. The van der Waals surface area contributed by atoms with E-state index in [1.54, 1.807) is 14.2 Å². The molecule has 1 fully saturated rings. The van der Waals surface area contributed by atoms with Crippen molar-refractivity contribution in [2.24, 2.45) is 0 Å². The minimum absolute atomic E-state index is 0.278. The first kappa shape index (κ1) is 11.7. The number of benzene rings is 1. The van der Waals surface area contributed by atoms with Crippen LogP contribution in [0.1, 0.15) is 18.4 Å². The van der Waals surface area contributed by atoms with Gasteiger partial charge in [-0.2, -0.15) is 0 Å². The fraction of sp³-hybridized carbons (Fsp3) is 0.571. The topological polar surface area (TPSA) is 42.5 Å². The van der Waals surface area contributed by atoms with E-state index in [1.165, 1.54) is 24.1 Å². The first-order valence-corrected chi connectivity index (χ1v) is 6.50. The van der Waals surface area contributed by atoms with Crippen molar-refractivity contribution in [3.05, 3.63) is 17.7 Å². The maximum atomic E-state index is 5.43. The van der Waals surface area contributed by atoms with Crippen molar-refractivity contribution in [2.75, 3.05) is 39.2 Å². The van der Waals surface area contributed by atoms with Crippen LogP contribution in [0, 0.1) is 0 Å². The molecular formula is C14H20N2O2. The van der Waals surface area contributed by atoms with Crippen molar-refractivity contribution in [1.29, 1.82) is 0 Å². The zero-order valence-corrected chi connectivity index (χ0v) is 11.0. The van der Waals surface area contributed by atoms with Gasteiger partial charge < -0.3 is 20.1 Å². The molecular weight excluding hydrogens is 228 g/mol. The first-order valence-electron chi connectivity index (χ1n) is 6.50. The summed E-state index contributed by atoms with van der Waals surface area (Å²) < 4.78 is 10.8. The van der Waals surface area contributed by atoms with Crippen molar-refractivity contribution < 1.29 is 9.47 Å². The Bertz CT molecular complexity index is 453. The highest BCUT2D eigenvalue weighted by atomic mass is 16.5. The Morgan fingerprint density at radius 1 is 1.06 bits per heavy atom. The molecule has 0 saturated carbocycles. The van der Waals surface area contributed by atoms with Gasteiger partial charge in [0.25, 0.3) is 0 Å². The van der Waals surface area contributed by atoms with Crippen LogP contribution in [0.4, 0.5) is 5.69 Å². The van der Waals surface area contributed by atoms with Gasteiger partial charge in [-0.05, 0) is 37.6 Å². The number of nitrogens with one attached hydrogen (secondary N) is 2. The second-order valence-electron chi connectivity index (χ2n) is 5.14. The number of methoxy groups -OCH3 is 2. The third kappa shape index (κ3) is 1.63. The summed E-state index contributed by atoms with van der Waals surface area (Å²) in [6.07, 6.45) is 2.37. The van der Waals surface area contributed by atoms with E-state index in [1.807, 2.05) is 0 Å². The van der Waals surface area contributed by atoms with Gasteiger partial charge in [-0.15, -0.1) is 0 Å². The van der Waals surface area contributed by atoms with Crippen molar-refractivity contribution in [1.82, 2.24) is 5.32 Å². The van der Waals surface area contributed by atoms with Crippen LogP contribution >= 0.6 is 0 Å². The predicted molar refractivity (Wildman–Crippen MR) is 71.8 cm³/mol. The maximum absolute atomic E-state index is 5.43. The van der Waals surface area contributed by atoms with Gasteiger partial charge in [0, 0.05) is 23.7 Å². The molecule has 1 spiro atoms. The second kappa shape index (κ2) is 4.35. The van der Waals surface area contributed by atoms with Crippen LogP contribution in [0.3, 0.4) is 0 Å². The number of hydrogen-bond acceptors (Lipinski definition) is 4. The molecule has 0 aliphatic carbocycles. The minimum Gasteiger partial charge on any atom is -0.493 e. The van der Waals surface area contributed by atoms with Gasteiger partial charge in [-0.25, -0.2) is 0 Å². The third-order valence-corrected chi connectivity index (χ3v) is 4.27. The highest BCUT2D eigenvalue weighted by Gasteiger charge is 2.40. The Labute approximate surface area is 108 Å². The summed E-state index contributed by atoms with van der Waals surface area (Å²) >= 11 is 0. The predicted octanol–water partition coefficient (Wildman–Crippen LogP) is 1.75. The molecule has 0 aromatic heterocycles. The summed E-state index contributed by atoms with van der Waals surface area (Å²) in [7, 11) is 3.38. The summed E-state index contributed by atoms with van der Waals surface area (Å²) in [5, 5.41) is 6.96. The first-order chi connectivity index (χ1) is 8.79. The van der Waals surface area contributed by atoms with E-state index < -0.39 is 0 Å². The Balaban J connectivity index is 2.05. The Morgan fingerprint density at radius 2 is 1.72 bits per heavy atom. The monoisotopic (exact) mass is 248 g/mol. The van der Waals surface area contributed by atoms with E-state index in [0.29, 0.717) is 0 Å². The third-order valence-electron chi connectivity index (χ3n) is 4.27.